The third-order valence-electron chi connectivity index (χ3n) is 6.63. The standard InChI is InChI=1S/C22H27N5O/c1-15-10-19(24-16(2)23-15)21(28)25-20-17-11-26-8-9-27(12-17)14-22(20,13-26)18-6-4-3-5-7-18/h3-7,10,17,20H,8-9,11-14H2,1-2H3,(H,25,28)/t17?,20-,22?/m0/s1. The number of aryl methyl sites for hydroxylation is 2. The van der Waals surface area contributed by atoms with Gasteiger partial charge in [-0.2, -0.15) is 0 Å². The molecule has 5 heterocycles. The van der Waals surface area contributed by atoms with Crippen molar-refractivity contribution >= 4 is 5.91 Å². The Hall–Kier alpha value is -2.31. The summed E-state index contributed by atoms with van der Waals surface area (Å²) in [5.74, 6) is 0.991. The highest BCUT2D eigenvalue weighted by Crippen LogP contribution is 2.43. The molecule has 28 heavy (non-hydrogen) atoms. The minimum atomic E-state index is -0.0787. The second-order valence-electron chi connectivity index (χ2n) is 8.65. The summed E-state index contributed by atoms with van der Waals surface area (Å²) in [6.45, 7) is 10.1. The van der Waals surface area contributed by atoms with E-state index in [9.17, 15) is 4.79 Å². The molecule has 1 aromatic heterocycles. The first kappa shape index (κ1) is 17.8. The van der Waals surface area contributed by atoms with Gasteiger partial charge in [0.2, 0.25) is 0 Å². The number of carbonyl (C=O) groups excluding carboxylic acids is 1. The van der Waals surface area contributed by atoms with E-state index in [2.05, 4.69) is 55.4 Å². The number of benzene rings is 1. The molecule has 4 fully saturated rings. The van der Waals surface area contributed by atoms with E-state index in [0.717, 1.165) is 45.0 Å². The summed E-state index contributed by atoms with van der Waals surface area (Å²) in [7, 11) is 0. The van der Waals surface area contributed by atoms with Gasteiger partial charge in [0.05, 0.1) is 0 Å². The first-order valence-corrected chi connectivity index (χ1v) is 10.2. The minimum absolute atomic E-state index is 0.0777. The summed E-state index contributed by atoms with van der Waals surface area (Å²) in [5, 5.41) is 3.42. The predicted molar refractivity (Wildman–Crippen MR) is 107 cm³/mol. The van der Waals surface area contributed by atoms with Crippen molar-refractivity contribution in [3.8, 4) is 0 Å². The van der Waals surface area contributed by atoms with Crippen molar-refractivity contribution in [1.29, 1.82) is 0 Å². The number of hydrogen-bond acceptors (Lipinski definition) is 5. The molecule has 6 nitrogen and oxygen atoms in total. The third-order valence-corrected chi connectivity index (χ3v) is 6.63. The highest BCUT2D eigenvalue weighted by atomic mass is 16.2. The van der Waals surface area contributed by atoms with E-state index >= 15 is 0 Å². The van der Waals surface area contributed by atoms with Crippen LogP contribution in [0.15, 0.2) is 36.4 Å². The molecule has 4 saturated heterocycles. The van der Waals surface area contributed by atoms with E-state index < -0.39 is 0 Å². The Bertz CT molecular complexity index is 863. The Morgan fingerprint density at radius 3 is 2.39 bits per heavy atom. The second-order valence-corrected chi connectivity index (χ2v) is 8.65. The molecule has 4 aliphatic heterocycles. The van der Waals surface area contributed by atoms with Crippen LogP contribution in [0, 0.1) is 19.8 Å². The molecule has 4 bridgehead atoms. The fraction of sp³-hybridized carbons (Fsp3) is 0.500. The topological polar surface area (TPSA) is 61.4 Å². The van der Waals surface area contributed by atoms with Crippen molar-refractivity contribution < 1.29 is 4.79 Å². The molecule has 2 aromatic rings. The van der Waals surface area contributed by atoms with Crippen LogP contribution in [0.5, 0.6) is 0 Å². The molecule has 0 saturated carbocycles. The van der Waals surface area contributed by atoms with Crippen LogP contribution >= 0.6 is 0 Å². The van der Waals surface area contributed by atoms with Gasteiger partial charge in [0.15, 0.2) is 0 Å². The highest BCUT2D eigenvalue weighted by molar-refractivity contribution is 5.92. The van der Waals surface area contributed by atoms with Gasteiger partial charge in [-0.1, -0.05) is 30.3 Å². The van der Waals surface area contributed by atoms with E-state index in [1.807, 2.05) is 13.8 Å². The average Bonchev–Trinajstić information content (AvgIpc) is 2.92. The van der Waals surface area contributed by atoms with Crippen LogP contribution < -0.4 is 5.32 Å². The molecule has 4 aliphatic rings. The van der Waals surface area contributed by atoms with E-state index in [0.29, 0.717) is 17.4 Å². The van der Waals surface area contributed by atoms with E-state index in [-0.39, 0.29) is 17.4 Å². The SMILES string of the molecule is Cc1cc(C(=O)N[C@H]2C3CN4CCN(C3)CC2(c2ccccc2)C4)nc(C)n1. The summed E-state index contributed by atoms with van der Waals surface area (Å²) in [6, 6.07) is 12.7. The number of amides is 1. The molecule has 0 radical (unpaired) electrons. The van der Waals surface area contributed by atoms with E-state index in [1.165, 1.54) is 5.56 Å². The van der Waals surface area contributed by atoms with Crippen molar-refractivity contribution in [2.75, 3.05) is 39.3 Å². The van der Waals surface area contributed by atoms with Crippen LogP contribution in [0.25, 0.3) is 0 Å². The first-order valence-electron chi connectivity index (χ1n) is 10.2. The normalized spacial score (nSPS) is 33.5. The predicted octanol–water partition coefficient (Wildman–Crippen LogP) is 1.39. The lowest BCUT2D eigenvalue weighted by molar-refractivity contribution is 0.0179. The summed E-state index contributed by atoms with van der Waals surface area (Å²) < 4.78 is 0. The minimum Gasteiger partial charge on any atom is -0.347 e. The van der Waals surface area contributed by atoms with Gasteiger partial charge < -0.3 is 15.1 Å². The zero-order chi connectivity index (χ0) is 19.3. The summed E-state index contributed by atoms with van der Waals surface area (Å²) >= 11 is 0. The van der Waals surface area contributed by atoms with Crippen LogP contribution in [-0.4, -0.2) is 71.0 Å². The van der Waals surface area contributed by atoms with Gasteiger partial charge in [0, 0.05) is 62.3 Å². The Morgan fingerprint density at radius 2 is 1.75 bits per heavy atom. The van der Waals surface area contributed by atoms with E-state index in [1.54, 1.807) is 6.07 Å². The molecule has 0 aliphatic carbocycles. The smallest absolute Gasteiger partial charge is 0.270 e. The zero-order valence-electron chi connectivity index (χ0n) is 16.6. The molecule has 6 heteroatoms. The number of rotatable bonds is 3. The molecule has 1 amide bonds. The quantitative estimate of drug-likeness (QED) is 0.876. The molecule has 1 N–H and O–H groups in total. The second kappa shape index (κ2) is 6.64. The lowest BCUT2D eigenvalue weighted by Gasteiger charge is -2.55. The Kier molecular flexibility index (Phi) is 4.21. The summed E-state index contributed by atoms with van der Waals surface area (Å²) in [5.41, 5.74) is 2.55. The molecule has 0 spiro atoms. The van der Waals surface area contributed by atoms with Gasteiger partial charge in [0.25, 0.3) is 5.91 Å². The largest absolute Gasteiger partial charge is 0.347 e. The van der Waals surface area contributed by atoms with Crippen LogP contribution in [-0.2, 0) is 5.41 Å². The Balaban J connectivity index is 1.52. The number of piperidine rings is 2. The number of aromatic nitrogens is 2. The maximum absolute atomic E-state index is 13.2. The van der Waals surface area contributed by atoms with Gasteiger partial charge in [-0.25, -0.2) is 9.97 Å². The van der Waals surface area contributed by atoms with Crippen LogP contribution in [0.1, 0.15) is 27.6 Å². The van der Waals surface area contributed by atoms with Crippen molar-refractivity contribution in [3.63, 3.8) is 0 Å². The number of carbonyl (C=O) groups is 1. The van der Waals surface area contributed by atoms with Gasteiger partial charge >= 0.3 is 0 Å². The fourth-order valence-corrected chi connectivity index (χ4v) is 5.62. The van der Waals surface area contributed by atoms with Crippen molar-refractivity contribution in [2.45, 2.75) is 25.3 Å². The van der Waals surface area contributed by atoms with Crippen molar-refractivity contribution in [1.82, 2.24) is 25.1 Å². The number of fused-ring (bicyclic) bond motifs is 1. The molecule has 3 atom stereocenters. The number of nitrogens with zero attached hydrogens (tertiary/aromatic N) is 4. The third kappa shape index (κ3) is 2.91. The molecular formula is C22H27N5O. The summed E-state index contributed by atoms with van der Waals surface area (Å²) in [6.07, 6.45) is 0. The molecule has 6 rings (SSSR count). The average molecular weight is 377 g/mol. The number of hydrogen-bond donors (Lipinski definition) is 1. The van der Waals surface area contributed by atoms with Crippen molar-refractivity contribution in [2.24, 2.45) is 5.92 Å². The van der Waals surface area contributed by atoms with Crippen molar-refractivity contribution in [3.05, 3.63) is 59.2 Å². The lowest BCUT2D eigenvalue weighted by Crippen LogP contribution is -2.70. The van der Waals surface area contributed by atoms with Gasteiger partial charge in [0.1, 0.15) is 11.5 Å². The molecule has 1 aromatic carbocycles. The Labute approximate surface area is 166 Å². The van der Waals surface area contributed by atoms with E-state index in [4.69, 9.17) is 0 Å². The lowest BCUT2D eigenvalue weighted by atomic mass is 9.64. The van der Waals surface area contributed by atoms with Gasteiger partial charge in [-0.15, -0.1) is 0 Å². The first-order chi connectivity index (χ1) is 13.5. The van der Waals surface area contributed by atoms with Crippen LogP contribution in [0.2, 0.25) is 0 Å². The highest BCUT2D eigenvalue weighted by Gasteiger charge is 2.55. The number of nitrogens with one attached hydrogen (secondary N) is 1. The van der Waals surface area contributed by atoms with Gasteiger partial charge in [-0.05, 0) is 25.5 Å². The monoisotopic (exact) mass is 377 g/mol. The molecular weight excluding hydrogens is 350 g/mol. The fourth-order valence-electron chi connectivity index (χ4n) is 5.62. The molecule has 146 valence electrons. The maximum Gasteiger partial charge on any atom is 0.270 e. The van der Waals surface area contributed by atoms with Crippen LogP contribution in [0.4, 0.5) is 0 Å². The maximum atomic E-state index is 13.2. The van der Waals surface area contributed by atoms with Crippen LogP contribution in [0.3, 0.4) is 0 Å². The van der Waals surface area contributed by atoms with Gasteiger partial charge in [-0.3, -0.25) is 4.79 Å². The molecule has 2 unspecified atom stereocenters. The summed E-state index contributed by atoms with van der Waals surface area (Å²) in [4.78, 5) is 27.0. The zero-order valence-corrected chi connectivity index (χ0v) is 16.6. The Morgan fingerprint density at radius 1 is 1.07 bits per heavy atom.